The van der Waals surface area contributed by atoms with Gasteiger partial charge in [0.15, 0.2) is 5.69 Å². The van der Waals surface area contributed by atoms with E-state index in [1.165, 1.54) is 0 Å². The van der Waals surface area contributed by atoms with Crippen LogP contribution in [0.5, 0.6) is 5.75 Å². The summed E-state index contributed by atoms with van der Waals surface area (Å²) in [6.07, 6.45) is 4.98. The van der Waals surface area contributed by atoms with Gasteiger partial charge in [0.05, 0.1) is 6.54 Å². The Kier molecular flexibility index (Phi) is 6.03. The zero-order chi connectivity index (χ0) is 22.0. The SMILES string of the molecule is CCCc1cc(C(=O)N2Cc3ccccc3OC3(CCC(N(C)C(C)=O)CC3)C2)no1. The Hall–Kier alpha value is -2.83. The number of carbonyl (C=O) groups excluding carboxylic acids is 2. The van der Waals surface area contributed by atoms with Crippen molar-refractivity contribution >= 4 is 11.8 Å². The Labute approximate surface area is 183 Å². The fourth-order valence-corrected chi connectivity index (χ4v) is 4.73. The Morgan fingerprint density at radius 1 is 1.26 bits per heavy atom. The number of hydrogen-bond acceptors (Lipinski definition) is 5. The molecule has 2 amide bonds. The van der Waals surface area contributed by atoms with Crippen molar-refractivity contribution in [3.63, 3.8) is 0 Å². The van der Waals surface area contributed by atoms with Gasteiger partial charge in [0, 0.05) is 44.6 Å². The van der Waals surface area contributed by atoms with E-state index in [0.29, 0.717) is 18.8 Å². The van der Waals surface area contributed by atoms with Crippen molar-refractivity contribution in [3.05, 3.63) is 47.3 Å². The molecule has 1 aliphatic carbocycles. The van der Waals surface area contributed by atoms with E-state index in [1.54, 1.807) is 13.0 Å². The minimum absolute atomic E-state index is 0.0822. The minimum Gasteiger partial charge on any atom is -0.485 e. The summed E-state index contributed by atoms with van der Waals surface area (Å²) in [7, 11) is 1.86. The van der Waals surface area contributed by atoms with Gasteiger partial charge in [-0.1, -0.05) is 30.3 Å². The normalized spacial score (nSPS) is 23.1. The average Bonchev–Trinajstić information content (AvgIpc) is 3.16. The Morgan fingerprint density at radius 3 is 2.71 bits per heavy atom. The van der Waals surface area contributed by atoms with Crippen molar-refractivity contribution in [2.45, 2.75) is 70.6 Å². The molecule has 31 heavy (non-hydrogen) atoms. The summed E-state index contributed by atoms with van der Waals surface area (Å²) in [5.74, 6) is 1.52. The topological polar surface area (TPSA) is 75.9 Å². The Bertz CT molecular complexity index is 946. The molecule has 2 aromatic rings. The second-order valence-electron chi connectivity index (χ2n) is 8.84. The zero-order valence-electron chi connectivity index (χ0n) is 18.6. The van der Waals surface area contributed by atoms with Crippen LogP contribution in [-0.4, -0.2) is 52.0 Å². The second-order valence-corrected chi connectivity index (χ2v) is 8.84. The summed E-state index contributed by atoms with van der Waals surface area (Å²) in [4.78, 5) is 28.8. The van der Waals surface area contributed by atoms with E-state index >= 15 is 0 Å². The highest BCUT2D eigenvalue weighted by Gasteiger charge is 2.43. The number of carbonyl (C=O) groups is 2. The van der Waals surface area contributed by atoms with Crippen LogP contribution in [-0.2, 0) is 17.8 Å². The van der Waals surface area contributed by atoms with Gasteiger partial charge in [-0.2, -0.15) is 0 Å². The Balaban J connectivity index is 1.59. The minimum atomic E-state index is -0.466. The number of hydrogen-bond donors (Lipinski definition) is 0. The lowest BCUT2D eigenvalue weighted by Crippen LogP contribution is -2.52. The first-order valence-electron chi connectivity index (χ1n) is 11.2. The van der Waals surface area contributed by atoms with E-state index in [-0.39, 0.29) is 17.9 Å². The van der Waals surface area contributed by atoms with Gasteiger partial charge in [-0.25, -0.2) is 0 Å². The number of aromatic nitrogens is 1. The predicted molar refractivity (Wildman–Crippen MR) is 116 cm³/mol. The van der Waals surface area contributed by atoms with E-state index in [0.717, 1.165) is 55.6 Å². The summed E-state index contributed by atoms with van der Waals surface area (Å²) in [6, 6.07) is 9.89. The van der Waals surface area contributed by atoms with Crippen molar-refractivity contribution in [2.75, 3.05) is 13.6 Å². The van der Waals surface area contributed by atoms with Crippen LogP contribution in [0.3, 0.4) is 0 Å². The number of nitrogens with zero attached hydrogens (tertiary/aromatic N) is 3. The van der Waals surface area contributed by atoms with Crippen LogP contribution < -0.4 is 4.74 Å². The van der Waals surface area contributed by atoms with Gasteiger partial charge in [0.2, 0.25) is 5.91 Å². The van der Waals surface area contributed by atoms with Gasteiger partial charge >= 0.3 is 0 Å². The second kappa shape index (κ2) is 8.73. The number of para-hydroxylation sites is 1. The molecule has 0 N–H and O–H groups in total. The molecule has 0 saturated heterocycles. The number of ether oxygens (including phenoxy) is 1. The molecule has 4 rings (SSSR count). The maximum absolute atomic E-state index is 13.4. The van der Waals surface area contributed by atoms with Gasteiger partial charge in [-0.3, -0.25) is 9.59 Å². The van der Waals surface area contributed by atoms with Gasteiger partial charge in [-0.15, -0.1) is 0 Å². The number of aryl methyl sites for hydroxylation is 1. The molecule has 1 aliphatic heterocycles. The number of fused-ring (bicyclic) bond motifs is 1. The van der Waals surface area contributed by atoms with Crippen molar-refractivity contribution in [1.82, 2.24) is 15.0 Å². The summed E-state index contributed by atoms with van der Waals surface area (Å²) in [5.41, 5.74) is 0.878. The molecule has 7 heteroatoms. The van der Waals surface area contributed by atoms with Crippen LogP contribution in [0.4, 0.5) is 0 Å². The Morgan fingerprint density at radius 2 is 2.00 bits per heavy atom. The molecule has 0 bridgehead atoms. The van der Waals surface area contributed by atoms with Crippen LogP contribution in [0.2, 0.25) is 0 Å². The highest BCUT2D eigenvalue weighted by molar-refractivity contribution is 5.92. The molecule has 1 saturated carbocycles. The van der Waals surface area contributed by atoms with Gasteiger partial charge in [0.25, 0.3) is 5.91 Å². The first kappa shape index (κ1) is 21.4. The quantitative estimate of drug-likeness (QED) is 0.744. The van der Waals surface area contributed by atoms with E-state index in [2.05, 4.69) is 12.1 Å². The van der Waals surface area contributed by atoms with Gasteiger partial charge < -0.3 is 19.1 Å². The average molecular weight is 426 g/mol. The van der Waals surface area contributed by atoms with Crippen molar-refractivity contribution in [3.8, 4) is 5.75 Å². The fraction of sp³-hybridized carbons (Fsp3) is 0.542. The molecule has 1 aromatic heterocycles. The molecular weight excluding hydrogens is 394 g/mol. The monoisotopic (exact) mass is 425 g/mol. The van der Waals surface area contributed by atoms with E-state index in [9.17, 15) is 9.59 Å². The molecule has 2 aliphatic rings. The maximum atomic E-state index is 13.4. The lowest BCUT2D eigenvalue weighted by molar-refractivity contribution is -0.131. The third kappa shape index (κ3) is 4.45. The summed E-state index contributed by atoms with van der Waals surface area (Å²) in [5, 5.41) is 4.03. The first-order valence-corrected chi connectivity index (χ1v) is 11.2. The summed E-state index contributed by atoms with van der Waals surface area (Å²) < 4.78 is 11.9. The molecule has 1 aromatic carbocycles. The maximum Gasteiger partial charge on any atom is 0.276 e. The number of benzene rings is 1. The summed E-state index contributed by atoms with van der Waals surface area (Å²) >= 11 is 0. The summed E-state index contributed by atoms with van der Waals surface area (Å²) in [6.45, 7) is 4.64. The van der Waals surface area contributed by atoms with Crippen LogP contribution in [0.1, 0.15) is 67.8 Å². The van der Waals surface area contributed by atoms with Crippen molar-refractivity contribution < 1.29 is 18.8 Å². The van der Waals surface area contributed by atoms with Crippen molar-refractivity contribution in [2.24, 2.45) is 0 Å². The lowest BCUT2D eigenvalue weighted by Gasteiger charge is -2.43. The molecule has 7 nitrogen and oxygen atoms in total. The third-order valence-electron chi connectivity index (χ3n) is 6.61. The standard InChI is InChI=1S/C24H31N3O4/c1-4-7-20-14-21(25-31-20)23(29)27-15-18-8-5-6-9-22(18)30-24(16-27)12-10-19(11-13-24)26(3)17(2)28/h5-6,8-9,14,19H,4,7,10-13,15-16H2,1-3H3. The van der Waals surface area contributed by atoms with Crippen LogP contribution in [0.15, 0.2) is 34.9 Å². The zero-order valence-corrected chi connectivity index (χ0v) is 18.6. The number of amides is 2. The lowest BCUT2D eigenvalue weighted by atomic mass is 9.81. The first-order chi connectivity index (χ1) is 14.9. The molecule has 0 atom stereocenters. The third-order valence-corrected chi connectivity index (χ3v) is 6.61. The van der Waals surface area contributed by atoms with E-state index < -0.39 is 5.60 Å². The van der Waals surface area contributed by atoms with Crippen LogP contribution in [0.25, 0.3) is 0 Å². The fourth-order valence-electron chi connectivity index (χ4n) is 4.73. The predicted octanol–water partition coefficient (Wildman–Crippen LogP) is 3.82. The number of rotatable bonds is 4. The molecule has 2 heterocycles. The molecule has 166 valence electrons. The highest BCUT2D eigenvalue weighted by atomic mass is 16.5. The van der Waals surface area contributed by atoms with Gasteiger partial charge in [-0.05, 0) is 38.2 Å². The highest BCUT2D eigenvalue weighted by Crippen LogP contribution is 2.39. The van der Waals surface area contributed by atoms with E-state index in [4.69, 9.17) is 9.26 Å². The smallest absolute Gasteiger partial charge is 0.276 e. The molecular formula is C24H31N3O4. The molecule has 0 unspecified atom stereocenters. The van der Waals surface area contributed by atoms with Crippen LogP contribution in [0, 0.1) is 0 Å². The molecule has 1 fully saturated rings. The van der Waals surface area contributed by atoms with Gasteiger partial charge in [0.1, 0.15) is 17.1 Å². The van der Waals surface area contributed by atoms with E-state index in [1.807, 2.05) is 41.1 Å². The largest absolute Gasteiger partial charge is 0.485 e. The molecule has 0 radical (unpaired) electrons. The molecule has 1 spiro atoms. The van der Waals surface area contributed by atoms with Crippen molar-refractivity contribution in [1.29, 1.82) is 0 Å². The van der Waals surface area contributed by atoms with Crippen LogP contribution >= 0.6 is 0 Å².